The second-order valence-corrected chi connectivity index (χ2v) is 7.66. The molecule has 0 radical (unpaired) electrons. The molecule has 7 heteroatoms. The van der Waals surface area contributed by atoms with Crippen LogP contribution in [0.1, 0.15) is 43.4 Å². The second-order valence-electron chi connectivity index (χ2n) is 7.66. The molecule has 160 valence electrons. The lowest BCUT2D eigenvalue weighted by Crippen LogP contribution is -2.34. The molecular weight excluding hydrogens is 390 g/mol. The maximum atomic E-state index is 12.2. The van der Waals surface area contributed by atoms with Gasteiger partial charge in [-0.3, -0.25) is 4.79 Å². The van der Waals surface area contributed by atoms with E-state index < -0.39 is 0 Å². The second kappa shape index (κ2) is 10.4. The van der Waals surface area contributed by atoms with Gasteiger partial charge in [0, 0.05) is 26.2 Å². The van der Waals surface area contributed by atoms with Crippen molar-refractivity contribution < 1.29 is 5.21 Å². The van der Waals surface area contributed by atoms with Crippen LogP contribution >= 0.6 is 0 Å². The lowest BCUT2D eigenvalue weighted by atomic mass is 9.94. The van der Waals surface area contributed by atoms with Crippen LogP contribution in [0.3, 0.4) is 0 Å². The minimum atomic E-state index is -0.0448. The molecule has 0 amide bonds. The van der Waals surface area contributed by atoms with Gasteiger partial charge in [0.15, 0.2) is 0 Å². The Hall–Kier alpha value is -3.66. The smallest absolute Gasteiger partial charge is 0.252 e. The van der Waals surface area contributed by atoms with Gasteiger partial charge in [0.2, 0.25) is 0 Å². The van der Waals surface area contributed by atoms with E-state index >= 15 is 0 Å². The van der Waals surface area contributed by atoms with Crippen LogP contribution in [0.25, 0.3) is 11.0 Å². The standard InChI is InChI=1S/C17H20N4O.C7H7NO/c1-20(13-6-4-3-5-7-13)15-10-16(22)21(2)14-9-8-12(11-18)19-17(14)15;9-8-6-7-4-2-1-3-5-7/h8-10,13H,3-7H2,1-2H3;1-6,9H/b;8-6-. The van der Waals surface area contributed by atoms with Crippen molar-refractivity contribution >= 4 is 22.9 Å². The fraction of sp³-hybridized carbons (Fsp3) is 0.333. The SMILES string of the molecule is CN(c1cc(=O)n(C)c2ccc(C#N)nc12)C1CCCCC1.O/N=C\c1ccccc1. The molecular formula is C24H27N5O2. The number of fused-ring (bicyclic) bond motifs is 1. The lowest BCUT2D eigenvalue weighted by molar-refractivity contribution is 0.322. The van der Waals surface area contributed by atoms with Gasteiger partial charge in [-0.05, 0) is 30.5 Å². The van der Waals surface area contributed by atoms with Crippen molar-refractivity contribution in [1.29, 1.82) is 5.26 Å². The molecule has 1 N–H and O–H groups in total. The van der Waals surface area contributed by atoms with Gasteiger partial charge in [-0.15, -0.1) is 0 Å². The summed E-state index contributed by atoms with van der Waals surface area (Å²) in [5.41, 5.74) is 3.57. The molecule has 0 aliphatic heterocycles. The van der Waals surface area contributed by atoms with Gasteiger partial charge in [-0.2, -0.15) is 5.26 Å². The molecule has 1 fully saturated rings. The van der Waals surface area contributed by atoms with Gasteiger partial charge in [-0.1, -0.05) is 54.8 Å². The van der Waals surface area contributed by atoms with Gasteiger partial charge >= 0.3 is 0 Å². The van der Waals surface area contributed by atoms with Crippen molar-refractivity contribution in [3.8, 4) is 6.07 Å². The number of nitrogens with zero attached hydrogens (tertiary/aromatic N) is 5. The third kappa shape index (κ3) is 5.28. The highest BCUT2D eigenvalue weighted by Gasteiger charge is 2.21. The maximum absolute atomic E-state index is 12.2. The summed E-state index contributed by atoms with van der Waals surface area (Å²) in [6.07, 6.45) is 7.43. The number of anilines is 1. The number of rotatable bonds is 3. The van der Waals surface area contributed by atoms with Crippen LogP contribution in [-0.2, 0) is 7.05 Å². The maximum Gasteiger partial charge on any atom is 0.252 e. The summed E-state index contributed by atoms with van der Waals surface area (Å²) in [7, 11) is 3.77. The van der Waals surface area contributed by atoms with E-state index in [1.807, 2.05) is 37.4 Å². The van der Waals surface area contributed by atoms with Crippen molar-refractivity contribution in [2.75, 3.05) is 11.9 Å². The highest BCUT2D eigenvalue weighted by atomic mass is 16.4. The van der Waals surface area contributed by atoms with Gasteiger partial charge in [0.25, 0.3) is 5.56 Å². The van der Waals surface area contributed by atoms with E-state index in [1.165, 1.54) is 25.5 Å². The van der Waals surface area contributed by atoms with Crippen molar-refractivity contribution in [3.05, 3.63) is 70.1 Å². The number of hydrogen-bond donors (Lipinski definition) is 1. The van der Waals surface area contributed by atoms with E-state index in [2.05, 4.69) is 21.1 Å². The van der Waals surface area contributed by atoms with Crippen LogP contribution in [0.5, 0.6) is 0 Å². The third-order valence-corrected chi connectivity index (χ3v) is 5.69. The summed E-state index contributed by atoms with van der Waals surface area (Å²) in [6.45, 7) is 0. The van der Waals surface area contributed by atoms with Crippen LogP contribution < -0.4 is 10.5 Å². The van der Waals surface area contributed by atoms with E-state index in [1.54, 1.807) is 29.8 Å². The summed E-state index contributed by atoms with van der Waals surface area (Å²) in [6, 6.07) is 17.0. The number of oxime groups is 1. The predicted molar refractivity (Wildman–Crippen MR) is 123 cm³/mol. The Kier molecular flexibility index (Phi) is 7.39. The third-order valence-electron chi connectivity index (χ3n) is 5.69. The fourth-order valence-electron chi connectivity index (χ4n) is 3.91. The molecule has 2 aromatic heterocycles. The van der Waals surface area contributed by atoms with Crippen molar-refractivity contribution in [1.82, 2.24) is 9.55 Å². The molecule has 0 saturated heterocycles. The molecule has 1 aliphatic carbocycles. The topological polar surface area (TPSA) is 94.5 Å². The number of pyridine rings is 2. The largest absolute Gasteiger partial charge is 0.411 e. The van der Waals surface area contributed by atoms with Crippen LogP contribution in [-0.4, -0.2) is 34.1 Å². The molecule has 0 bridgehead atoms. The van der Waals surface area contributed by atoms with Gasteiger partial charge in [-0.25, -0.2) is 4.98 Å². The average molecular weight is 418 g/mol. The highest BCUT2D eigenvalue weighted by molar-refractivity contribution is 5.88. The Morgan fingerprint density at radius 3 is 2.55 bits per heavy atom. The Labute approximate surface area is 181 Å². The average Bonchev–Trinajstić information content (AvgIpc) is 2.82. The van der Waals surface area contributed by atoms with Crippen molar-refractivity contribution in [3.63, 3.8) is 0 Å². The number of aromatic nitrogens is 2. The first-order valence-corrected chi connectivity index (χ1v) is 10.4. The number of aryl methyl sites for hydroxylation is 1. The Morgan fingerprint density at radius 1 is 1.19 bits per heavy atom. The first-order valence-electron chi connectivity index (χ1n) is 10.4. The lowest BCUT2D eigenvalue weighted by Gasteiger charge is -2.33. The number of benzene rings is 1. The normalized spacial score (nSPS) is 14.1. The monoisotopic (exact) mass is 417 g/mol. The molecule has 0 unspecified atom stereocenters. The molecule has 3 aromatic rings. The minimum absolute atomic E-state index is 0.0448. The predicted octanol–water partition coefficient (Wildman–Crippen LogP) is 4.07. The van der Waals surface area contributed by atoms with Crippen LogP contribution in [0, 0.1) is 11.3 Å². The zero-order valence-corrected chi connectivity index (χ0v) is 17.9. The Morgan fingerprint density at radius 2 is 1.90 bits per heavy atom. The summed E-state index contributed by atoms with van der Waals surface area (Å²) < 4.78 is 1.59. The van der Waals surface area contributed by atoms with E-state index in [0.29, 0.717) is 11.7 Å². The molecule has 31 heavy (non-hydrogen) atoms. The molecule has 1 aromatic carbocycles. The molecule has 7 nitrogen and oxygen atoms in total. The van der Waals surface area contributed by atoms with Crippen molar-refractivity contribution in [2.24, 2.45) is 12.2 Å². The van der Waals surface area contributed by atoms with E-state index in [4.69, 9.17) is 10.5 Å². The number of nitriles is 1. The Bertz CT molecular complexity index is 1140. The van der Waals surface area contributed by atoms with Crippen molar-refractivity contribution in [2.45, 2.75) is 38.1 Å². The fourth-order valence-corrected chi connectivity index (χ4v) is 3.91. The molecule has 2 heterocycles. The zero-order chi connectivity index (χ0) is 22.2. The summed E-state index contributed by atoms with van der Waals surface area (Å²) in [4.78, 5) is 18.9. The molecule has 0 atom stereocenters. The highest BCUT2D eigenvalue weighted by Crippen LogP contribution is 2.29. The van der Waals surface area contributed by atoms with E-state index in [-0.39, 0.29) is 5.56 Å². The van der Waals surface area contributed by atoms with Gasteiger partial charge in [0.05, 0.1) is 17.4 Å². The van der Waals surface area contributed by atoms with Crippen LogP contribution in [0.15, 0.2) is 58.5 Å². The quantitative estimate of drug-likeness (QED) is 0.394. The minimum Gasteiger partial charge on any atom is -0.411 e. The molecule has 4 rings (SSSR count). The summed E-state index contributed by atoms with van der Waals surface area (Å²) in [5, 5.41) is 20.1. The van der Waals surface area contributed by atoms with E-state index in [9.17, 15) is 4.79 Å². The van der Waals surface area contributed by atoms with Gasteiger partial charge < -0.3 is 14.7 Å². The molecule has 0 spiro atoms. The van der Waals surface area contributed by atoms with Gasteiger partial charge in [0.1, 0.15) is 17.3 Å². The summed E-state index contributed by atoms with van der Waals surface area (Å²) in [5.74, 6) is 0. The molecule has 1 aliphatic rings. The van der Waals surface area contributed by atoms with E-state index in [0.717, 1.165) is 35.1 Å². The zero-order valence-electron chi connectivity index (χ0n) is 17.9. The first-order chi connectivity index (χ1) is 15.0. The Balaban J connectivity index is 0.000000254. The van der Waals surface area contributed by atoms with Crippen LogP contribution in [0.2, 0.25) is 0 Å². The number of hydrogen-bond acceptors (Lipinski definition) is 6. The van der Waals surface area contributed by atoms with Crippen LogP contribution in [0.4, 0.5) is 5.69 Å². The summed E-state index contributed by atoms with van der Waals surface area (Å²) >= 11 is 0. The first kappa shape index (κ1) is 22.0. The molecule has 1 saturated carbocycles.